The van der Waals surface area contributed by atoms with E-state index in [9.17, 15) is 4.79 Å². The molecule has 204 valence electrons. The molecule has 0 spiro atoms. The Bertz CT molecular complexity index is 1020. The summed E-state index contributed by atoms with van der Waals surface area (Å²) in [7, 11) is 0. The molecule has 4 rings (SSSR count). The number of anilines is 2. The van der Waals surface area contributed by atoms with Crippen molar-refractivity contribution >= 4 is 17.5 Å². The molecule has 0 aromatic heterocycles. The van der Waals surface area contributed by atoms with Crippen LogP contribution in [-0.4, -0.2) is 69.0 Å². The van der Waals surface area contributed by atoms with E-state index in [0.29, 0.717) is 6.54 Å². The number of benzene rings is 2. The molecule has 2 aromatic rings. The molecule has 1 N–H and O–H groups in total. The predicted octanol–water partition coefficient (Wildman–Crippen LogP) is 5.85. The van der Waals surface area contributed by atoms with Crippen LogP contribution < -0.4 is 15.1 Å². The van der Waals surface area contributed by atoms with Crippen LogP contribution in [0.5, 0.6) is 0 Å². The van der Waals surface area contributed by atoms with Gasteiger partial charge in [-0.2, -0.15) is 0 Å². The van der Waals surface area contributed by atoms with E-state index in [-0.39, 0.29) is 6.09 Å². The number of rotatable bonds is 2. The number of amides is 1. The van der Waals surface area contributed by atoms with E-state index in [1.165, 1.54) is 46.6 Å². The van der Waals surface area contributed by atoms with Crippen molar-refractivity contribution in [2.45, 2.75) is 66.9 Å². The normalized spacial score (nSPS) is 16.9. The molecule has 37 heavy (non-hydrogen) atoms. The lowest BCUT2D eigenvalue weighted by atomic mass is 10.1. The number of carbonyl (C=O) groups is 1. The van der Waals surface area contributed by atoms with E-state index in [1.54, 1.807) is 0 Å². The van der Waals surface area contributed by atoms with Crippen molar-refractivity contribution in [1.82, 2.24) is 10.2 Å². The zero-order chi connectivity index (χ0) is 27.0. The van der Waals surface area contributed by atoms with Crippen LogP contribution >= 0.6 is 0 Å². The van der Waals surface area contributed by atoms with Crippen LogP contribution in [0.1, 0.15) is 55.9 Å². The fourth-order valence-corrected chi connectivity index (χ4v) is 4.63. The lowest BCUT2D eigenvalue weighted by Gasteiger charge is -2.27. The van der Waals surface area contributed by atoms with Crippen molar-refractivity contribution in [3.05, 3.63) is 58.7 Å². The zero-order valence-electron chi connectivity index (χ0n) is 24.2. The van der Waals surface area contributed by atoms with Gasteiger partial charge in [-0.05, 0) is 114 Å². The summed E-state index contributed by atoms with van der Waals surface area (Å²) in [6.07, 6.45) is 2.01. The number of aryl methyl sites for hydroxylation is 4. The first-order valence-corrected chi connectivity index (χ1v) is 13.9. The SMILES string of the molecule is Cc1ccc(N2CCCN(C(=O)OC(C)(C)C)CC2)cc1C.Cc1ccc(N2CCCNCC2)cc1C. The van der Waals surface area contributed by atoms with Gasteiger partial charge in [-0.3, -0.25) is 0 Å². The standard InChI is InChI=1S/C18H28N2O2.C13H20N2/c1-14-7-8-16(13-15(14)2)19-9-6-10-20(12-11-19)17(21)22-18(3,4)5;1-11-4-5-13(10-12(11)2)15-8-3-6-14-7-9-15/h7-8,13H,6,9-12H2,1-5H3;4-5,10,14H,3,6-9H2,1-2H3. The van der Waals surface area contributed by atoms with Crippen LogP contribution in [-0.2, 0) is 4.74 Å². The molecule has 2 heterocycles. The Morgan fingerprint density at radius 1 is 0.703 bits per heavy atom. The van der Waals surface area contributed by atoms with Gasteiger partial charge in [0.25, 0.3) is 0 Å². The fraction of sp³-hybridized carbons (Fsp3) is 0.581. The fourth-order valence-electron chi connectivity index (χ4n) is 4.63. The summed E-state index contributed by atoms with van der Waals surface area (Å²) < 4.78 is 5.48. The summed E-state index contributed by atoms with van der Waals surface area (Å²) in [5.74, 6) is 0. The van der Waals surface area contributed by atoms with E-state index in [4.69, 9.17) is 4.74 Å². The minimum atomic E-state index is -0.433. The molecule has 0 aliphatic carbocycles. The predicted molar refractivity (Wildman–Crippen MR) is 156 cm³/mol. The molecular formula is C31H48N4O2. The number of carbonyl (C=O) groups excluding carboxylic acids is 1. The Morgan fingerprint density at radius 3 is 1.84 bits per heavy atom. The highest BCUT2D eigenvalue weighted by Crippen LogP contribution is 2.21. The highest BCUT2D eigenvalue weighted by atomic mass is 16.6. The third-order valence-corrected chi connectivity index (χ3v) is 7.20. The van der Waals surface area contributed by atoms with Crippen LogP contribution in [0.3, 0.4) is 0 Å². The Balaban J connectivity index is 0.000000220. The van der Waals surface area contributed by atoms with E-state index in [0.717, 1.165) is 45.7 Å². The van der Waals surface area contributed by atoms with E-state index in [2.05, 4.69) is 79.2 Å². The van der Waals surface area contributed by atoms with Gasteiger partial charge in [-0.25, -0.2) is 4.79 Å². The van der Waals surface area contributed by atoms with E-state index >= 15 is 0 Å². The Morgan fingerprint density at radius 2 is 1.27 bits per heavy atom. The molecule has 0 radical (unpaired) electrons. The topological polar surface area (TPSA) is 48.1 Å². The minimum absolute atomic E-state index is 0.200. The van der Waals surface area contributed by atoms with Crippen LogP contribution in [0.25, 0.3) is 0 Å². The Kier molecular flexibility index (Phi) is 10.3. The van der Waals surface area contributed by atoms with Crippen molar-refractivity contribution in [3.63, 3.8) is 0 Å². The second-order valence-corrected chi connectivity index (χ2v) is 11.4. The van der Waals surface area contributed by atoms with Crippen LogP contribution in [0, 0.1) is 27.7 Å². The van der Waals surface area contributed by atoms with Gasteiger partial charge in [-0.1, -0.05) is 12.1 Å². The molecule has 0 saturated carbocycles. The summed E-state index contributed by atoms with van der Waals surface area (Å²) in [6, 6.07) is 13.3. The van der Waals surface area contributed by atoms with Crippen molar-refractivity contribution in [2.24, 2.45) is 0 Å². The smallest absolute Gasteiger partial charge is 0.410 e. The second-order valence-electron chi connectivity index (χ2n) is 11.4. The average Bonchev–Trinajstić information content (AvgIpc) is 3.26. The molecule has 0 bridgehead atoms. The average molecular weight is 509 g/mol. The maximum atomic E-state index is 12.2. The number of nitrogens with zero attached hydrogens (tertiary/aromatic N) is 3. The number of hydrogen-bond donors (Lipinski definition) is 1. The summed E-state index contributed by atoms with van der Waals surface area (Å²) in [6.45, 7) is 22.2. The van der Waals surface area contributed by atoms with Gasteiger partial charge >= 0.3 is 6.09 Å². The largest absolute Gasteiger partial charge is 0.444 e. The lowest BCUT2D eigenvalue weighted by Crippen LogP contribution is -2.39. The number of nitrogens with one attached hydrogen (secondary N) is 1. The molecule has 6 nitrogen and oxygen atoms in total. The maximum Gasteiger partial charge on any atom is 0.410 e. The zero-order valence-corrected chi connectivity index (χ0v) is 24.2. The summed E-state index contributed by atoms with van der Waals surface area (Å²) >= 11 is 0. The van der Waals surface area contributed by atoms with Gasteiger partial charge in [0.1, 0.15) is 5.60 Å². The molecule has 2 saturated heterocycles. The number of hydrogen-bond acceptors (Lipinski definition) is 5. The molecule has 0 atom stereocenters. The van der Waals surface area contributed by atoms with Crippen molar-refractivity contribution in [3.8, 4) is 0 Å². The molecule has 2 aliphatic rings. The first-order chi connectivity index (χ1) is 17.5. The molecule has 2 fully saturated rings. The van der Waals surface area contributed by atoms with E-state index in [1.807, 2.05) is 25.7 Å². The van der Waals surface area contributed by atoms with E-state index < -0.39 is 5.60 Å². The first-order valence-electron chi connectivity index (χ1n) is 13.9. The summed E-state index contributed by atoms with van der Waals surface area (Å²) in [5, 5.41) is 3.43. The second kappa shape index (κ2) is 13.2. The Hall–Kier alpha value is -2.73. The molecular weight excluding hydrogens is 460 g/mol. The third-order valence-electron chi connectivity index (χ3n) is 7.20. The van der Waals surface area contributed by atoms with Gasteiger partial charge in [-0.15, -0.1) is 0 Å². The van der Waals surface area contributed by atoms with Crippen LogP contribution in [0.4, 0.5) is 16.2 Å². The van der Waals surface area contributed by atoms with Crippen LogP contribution in [0.15, 0.2) is 36.4 Å². The van der Waals surface area contributed by atoms with Gasteiger partial charge in [0.2, 0.25) is 0 Å². The summed E-state index contributed by atoms with van der Waals surface area (Å²) in [5.41, 5.74) is 7.59. The van der Waals surface area contributed by atoms with Gasteiger partial charge < -0.3 is 24.8 Å². The van der Waals surface area contributed by atoms with Crippen molar-refractivity contribution in [1.29, 1.82) is 0 Å². The molecule has 2 aliphatic heterocycles. The highest BCUT2D eigenvalue weighted by Gasteiger charge is 2.24. The maximum absolute atomic E-state index is 12.2. The van der Waals surface area contributed by atoms with Crippen molar-refractivity contribution in [2.75, 3.05) is 62.2 Å². The monoisotopic (exact) mass is 508 g/mol. The lowest BCUT2D eigenvalue weighted by molar-refractivity contribution is 0.0263. The molecule has 2 aromatic carbocycles. The molecule has 6 heteroatoms. The van der Waals surface area contributed by atoms with Gasteiger partial charge in [0, 0.05) is 57.2 Å². The van der Waals surface area contributed by atoms with Crippen LogP contribution in [0.2, 0.25) is 0 Å². The van der Waals surface area contributed by atoms with Gasteiger partial charge in [0.15, 0.2) is 0 Å². The molecule has 0 unspecified atom stereocenters. The quantitative estimate of drug-likeness (QED) is 0.551. The first kappa shape index (κ1) is 28.8. The number of ether oxygens (including phenoxy) is 1. The minimum Gasteiger partial charge on any atom is -0.444 e. The Labute approximate surface area is 225 Å². The third kappa shape index (κ3) is 8.96. The summed E-state index contributed by atoms with van der Waals surface area (Å²) in [4.78, 5) is 18.9. The molecule has 1 amide bonds. The van der Waals surface area contributed by atoms with Crippen molar-refractivity contribution < 1.29 is 9.53 Å². The highest BCUT2D eigenvalue weighted by molar-refractivity contribution is 5.68. The van der Waals surface area contributed by atoms with Gasteiger partial charge in [0.05, 0.1) is 0 Å².